The summed E-state index contributed by atoms with van der Waals surface area (Å²) in [6, 6.07) is 9.82. The second kappa shape index (κ2) is 9.90. The number of imide groups is 1. The third-order valence-electron chi connectivity index (χ3n) is 8.70. The number of carbonyl (C=O) groups is 5. The van der Waals surface area contributed by atoms with E-state index < -0.39 is 23.7 Å². The molecule has 0 bridgehead atoms. The molecular formula is C32H26INO7. The summed E-state index contributed by atoms with van der Waals surface area (Å²) < 4.78 is 5.92. The van der Waals surface area contributed by atoms with Crippen LogP contribution in [0.4, 0.5) is 5.69 Å². The minimum absolute atomic E-state index is 0.0266. The van der Waals surface area contributed by atoms with Crippen molar-refractivity contribution in [3.63, 3.8) is 0 Å². The highest BCUT2D eigenvalue weighted by molar-refractivity contribution is 14.1. The van der Waals surface area contributed by atoms with Crippen molar-refractivity contribution in [3.8, 4) is 11.5 Å². The third kappa shape index (κ3) is 4.12. The maximum atomic E-state index is 14.0. The molecule has 6 rings (SSSR count). The van der Waals surface area contributed by atoms with Crippen LogP contribution < -0.4 is 9.64 Å². The monoisotopic (exact) mass is 663 g/mol. The van der Waals surface area contributed by atoms with E-state index in [1.165, 1.54) is 25.0 Å². The number of ether oxygens (including phenoxy) is 1. The lowest BCUT2D eigenvalue weighted by atomic mass is 9.59. The van der Waals surface area contributed by atoms with Gasteiger partial charge >= 0.3 is 0 Å². The van der Waals surface area contributed by atoms with Gasteiger partial charge in [-0.1, -0.05) is 11.6 Å². The Kier molecular flexibility index (Phi) is 6.60. The summed E-state index contributed by atoms with van der Waals surface area (Å²) in [5, 5.41) is 10.5. The zero-order valence-electron chi connectivity index (χ0n) is 22.6. The molecule has 2 amide bonds. The quantitative estimate of drug-likeness (QED) is 0.164. The summed E-state index contributed by atoms with van der Waals surface area (Å²) in [4.78, 5) is 67.5. The molecule has 0 saturated carbocycles. The molecule has 4 atom stereocenters. The molecule has 2 aromatic rings. The predicted octanol–water partition coefficient (Wildman–Crippen LogP) is 4.84. The van der Waals surface area contributed by atoms with Gasteiger partial charge < -0.3 is 9.84 Å². The van der Waals surface area contributed by atoms with Crippen molar-refractivity contribution in [3.05, 3.63) is 85.5 Å². The molecule has 0 aromatic heterocycles. The van der Waals surface area contributed by atoms with Crippen LogP contribution in [0.5, 0.6) is 11.5 Å². The molecule has 1 fully saturated rings. The van der Waals surface area contributed by atoms with Gasteiger partial charge in [-0.3, -0.25) is 28.9 Å². The number of nitrogens with zero attached hydrogens (tertiary/aromatic N) is 1. The van der Waals surface area contributed by atoms with Crippen LogP contribution in [0.2, 0.25) is 0 Å². The summed E-state index contributed by atoms with van der Waals surface area (Å²) in [6.07, 6.45) is 3.78. The van der Waals surface area contributed by atoms with Crippen molar-refractivity contribution in [1.82, 2.24) is 0 Å². The Hall–Kier alpha value is -3.86. The second-order valence-electron chi connectivity index (χ2n) is 10.9. The Morgan fingerprint density at radius 3 is 2.41 bits per heavy atom. The minimum Gasteiger partial charge on any atom is -0.504 e. The van der Waals surface area contributed by atoms with E-state index >= 15 is 0 Å². The summed E-state index contributed by atoms with van der Waals surface area (Å²) in [6.45, 7) is 3.07. The molecule has 2 aromatic carbocycles. The average molecular weight is 663 g/mol. The fraction of sp³-hybridized carbons (Fsp3) is 0.281. The van der Waals surface area contributed by atoms with Crippen LogP contribution in [0.25, 0.3) is 0 Å². The highest BCUT2D eigenvalue weighted by atomic mass is 127. The van der Waals surface area contributed by atoms with Gasteiger partial charge in [-0.05, 0) is 103 Å². The number of phenolic OH excluding ortho intramolecular Hbond substituents is 1. The van der Waals surface area contributed by atoms with Gasteiger partial charge in [0.1, 0.15) is 0 Å². The number of hydrogen-bond acceptors (Lipinski definition) is 7. The number of Topliss-reactive ketones (excluding diaryl/α,β-unsaturated/α-hetero) is 2. The number of rotatable bonds is 4. The smallest absolute Gasteiger partial charge is 0.238 e. The number of hydrogen-bond donors (Lipinski definition) is 1. The van der Waals surface area contributed by atoms with Crippen molar-refractivity contribution in [2.75, 3.05) is 12.0 Å². The molecule has 1 aliphatic heterocycles. The fourth-order valence-electron chi connectivity index (χ4n) is 6.76. The summed E-state index contributed by atoms with van der Waals surface area (Å²) in [5.74, 6) is -3.50. The van der Waals surface area contributed by atoms with Gasteiger partial charge in [-0.15, -0.1) is 0 Å². The number of benzene rings is 2. The Morgan fingerprint density at radius 1 is 1.05 bits per heavy atom. The predicted molar refractivity (Wildman–Crippen MR) is 158 cm³/mol. The van der Waals surface area contributed by atoms with Gasteiger partial charge in [0.15, 0.2) is 28.8 Å². The molecule has 1 heterocycles. The molecule has 208 valence electrons. The van der Waals surface area contributed by atoms with Crippen molar-refractivity contribution in [2.24, 2.45) is 17.8 Å². The number of aromatic hydroxyl groups is 1. The maximum Gasteiger partial charge on any atom is 0.238 e. The van der Waals surface area contributed by atoms with E-state index in [-0.39, 0.29) is 47.1 Å². The van der Waals surface area contributed by atoms with Crippen LogP contribution >= 0.6 is 22.6 Å². The number of fused-ring (bicyclic) bond motifs is 3. The van der Waals surface area contributed by atoms with E-state index in [4.69, 9.17) is 4.74 Å². The number of ketones is 3. The third-order valence-corrected chi connectivity index (χ3v) is 9.52. The molecule has 4 unspecified atom stereocenters. The molecule has 41 heavy (non-hydrogen) atoms. The highest BCUT2D eigenvalue weighted by Crippen LogP contribution is 2.56. The molecule has 9 heteroatoms. The summed E-state index contributed by atoms with van der Waals surface area (Å²) in [5.41, 5.74) is 3.45. The van der Waals surface area contributed by atoms with Crippen LogP contribution in [0.1, 0.15) is 48.5 Å². The van der Waals surface area contributed by atoms with Crippen molar-refractivity contribution in [1.29, 1.82) is 0 Å². The summed E-state index contributed by atoms with van der Waals surface area (Å²) >= 11 is 1.99. The first-order chi connectivity index (χ1) is 19.5. The zero-order valence-corrected chi connectivity index (χ0v) is 24.7. The van der Waals surface area contributed by atoms with E-state index in [2.05, 4.69) is 0 Å². The standard InChI is InChI=1S/C32H26INO7/c1-14-10-24(36)22-13-21-19(26(28(22)29(14)37)17-11-23(33)30(38)25(12-17)41-3)8-9-20-27(21)32(40)34(31(20)39)18-6-4-16(5-7-18)15(2)35/h4-8,10-12,20-21,26-27,38H,9,13H2,1-3H3. The average Bonchev–Trinajstić information content (AvgIpc) is 3.21. The van der Waals surface area contributed by atoms with Crippen LogP contribution in [-0.4, -0.2) is 41.4 Å². The van der Waals surface area contributed by atoms with Crippen molar-refractivity contribution in [2.45, 2.75) is 32.6 Å². The molecule has 1 N–H and O–H groups in total. The molecule has 4 aliphatic rings. The number of anilines is 1. The fourth-order valence-corrected chi connectivity index (χ4v) is 7.38. The molecule has 0 spiro atoms. The Labute approximate surface area is 249 Å². The lowest BCUT2D eigenvalue weighted by molar-refractivity contribution is -0.123. The number of amides is 2. The van der Waals surface area contributed by atoms with Gasteiger partial charge in [0.2, 0.25) is 11.8 Å². The van der Waals surface area contributed by atoms with Gasteiger partial charge in [-0.25, -0.2) is 0 Å². The van der Waals surface area contributed by atoms with E-state index in [1.807, 2.05) is 28.7 Å². The first-order valence-corrected chi connectivity index (χ1v) is 14.4. The molecular weight excluding hydrogens is 637 g/mol. The van der Waals surface area contributed by atoms with Gasteiger partial charge in [0.05, 0.1) is 28.2 Å². The van der Waals surface area contributed by atoms with E-state index in [1.54, 1.807) is 43.3 Å². The Morgan fingerprint density at radius 2 is 1.76 bits per heavy atom. The highest BCUT2D eigenvalue weighted by Gasteiger charge is 2.56. The number of allylic oxidation sites excluding steroid dienone is 6. The minimum atomic E-state index is -0.709. The topological polar surface area (TPSA) is 118 Å². The van der Waals surface area contributed by atoms with Crippen LogP contribution in [0.15, 0.2) is 70.8 Å². The van der Waals surface area contributed by atoms with E-state index in [9.17, 15) is 29.1 Å². The number of methoxy groups -OCH3 is 1. The first-order valence-electron chi connectivity index (χ1n) is 13.3. The first kappa shape index (κ1) is 27.3. The normalized spacial score (nSPS) is 25.4. The van der Waals surface area contributed by atoms with Gasteiger partial charge in [-0.2, -0.15) is 0 Å². The van der Waals surface area contributed by atoms with E-state index in [0.29, 0.717) is 43.5 Å². The van der Waals surface area contributed by atoms with Gasteiger partial charge in [0.25, 0.3) is 0 Å². The van der Waals surface area contributed by atoms with Crippen molar-refractivity contribution >= 4 is 57.4 Å². The maximum absolute atomic E-state index is 14.0. The second-order valence-corrected chi connectivity index (χ2v) is 12.1. The number of phenols is 1. The number of halogens is 1. The molecule has 1 saturated heterocycles. The number of carbonyl (C=O) groups excluding carboxylic acids is 5. The zero-order chi connectivity index (χ0) is 29.3. The van der Waals surface area contributed by atoms with Crippen LogP contribution in [0, 0.1) is 21.3 Å². The van der Waals surface area contributed by atoms with Crippen molar-refractivity contribution < 1.29 is 33.8 Å². The lowest BCUT2D eigenvalue weighted by Gasteiger charge is -2.42. The Bertz CT molecular complexity index is 1680. The molecule has 0 radical (unpaired) electrons. The molecule has 8 nitrogen and oxygen atoms in total. The van der Waals surface area contributed by atoms with Crippen LogP contribution in [-0.2, 0) is 19.2 Å². The molecule has 3 aliphatic carbocycles. The SMILES string of the molecule is COc1cc(C2C3=CCC4C(=O)N(c5ccc(C(C)=O)cc5)C(=O)C4C3CC3=C2C(=O)C(C)=CC3=O)cc(I)c1O. The largest absolute Gasteiger partial charge is 0.504 e. The van der Waals surface area contributed by atoms with Crippen LogP contribution in [0.3, 0.4) is 0 Å². The summed E-state index contributed by atoms with van der Waals surface area (Å²) in [7, 11) is 1.44. The van der Waals surface area contributed by atoms with E-state index in [0.717, 1.165) is 5.57 Å². The lowest BCUT2D eigenvalue weighted by Crippen LogP contribution is -2.39. The van der Waals surface area contributed by atoms with Gasteiger partial charge in [0, 0.05) is 28.2 Å². The Balaban J connectivity index is 1.48.